The van der Waals surface area contributed by atoms with Gasteiger partial charge in [-0.3, -0.25) is 14.5 Å². The number of H-pyrrole nitrogens is 2. The Kier molecular flexibility index (Phi) is 5.16. The summed E-state index contributed by atoms with van der Waals surface area (Å²) >= 11 is 0. The van der Waals surface area contributed by atoms with Crippen molar-refractivity contribution in [2.45, 2.75) is 65.6 Å². The number of hydrogen-bond acceptors (Lipinski definition) is 4. The van der Waals surface area contributed by atoms with E-state index in [-0.39, 0.29) is 17.5 Å². The first-order valence-corrected chi connectivity index (χ1v) is 11.6. The molecular weight excluding hydrogens is 402 g/mol. The quantitative estimate of drug-likeness (QED) is 0.661. The number of aryl methyl sites for hydroxylation is 2. The van der Waals surface area contributed by atoms with Crippen molar-refractivity contribution < 1.29 is 4.79 Å². The van der Waals surface area contributed by atoms with E-state index in [4.69, 9.17) is 4.98 Å². The fourth-order valence-electron chi connectivity index (χ4n) is 5.13. The lowest BCUT2D eigenvalue weighted by Crippen LogP contribution is -2.40. The van der Waals surface area contributed by atoms with Crippen molar-refractivity contribution in [2.75, 3.05) is 13.1 Å². The predicted molar refractivity (Wildman–Crippen MR) is 125 cm³/mol. The average Bonchev–Trinajstić information content (AvgIpc) is 3.37. The van der Waals surface area contributed by atoms with Gasteiger partial charge < -0.3 is 14.9 Å². The van der Waals surface area contributed by atoms with E-state index in [9.17, 15) is 9.59 Å². The summed E-state index contributed by atoms with van der Waals surface area (Å²) in [5.41, 5.74) is 5.63. The molecule has 1 fully saturated rings. The van der Waals surface area contributed by atoms with Gasteiger partial charge in [0.25, 0.3) is 11.5 Å². The van der Waals surface area contributed by atoms with Crippen LogP contribution in [0, 0.1) is 13.8 Å². The van der Waals surface area contributed by atoms with Gasteiger partial charge in [0, 0.05) is 53.4 Å². The molecule has 3 aromatic rings. The van der Waals surface area contributed by atoms with Crippen molar-refractivity contribution >= 4 is 16.8 Å². The molecule has 0 unspecified atom stereocenters. The predicted octanol–water partition coefficient (Wildman–Crippen LogP) is 3.61. The topological polar surface area (TPSA) is 85.1 Å². The van der Waals surface area contributed by atoms with E-state index in [1.807, 2.05) is 30.0 Å². The Hall–Kier alpha value is -2.93. The van der Waals surface area contributed by atoms with Crippen LogP contribution in [0.1, 0.15) is 71.4 Å². The maximum atomic E-state index is 13.5. The zero-order chi connectivity index (χ0) is 22.6. The SMILES string of the molecule is Cc1[nH]c2ccc(C(=O)N3CCC[C@H]3c3nc4c(c(=O)[nH]3)CCN(C(C)C)C4)cc2c1C. The molecule has 1 saturated heterocycles. The van der Waals surface area contributed by atoms with E-state index >= 15 is 0 Å². The second-order valence-electron chi connectivity index (χ2n) is 9.48. The Morgan fingerprint density at radius 1 is 1.19 bits per heavy atom. The van der Waals surface area contributed by atoms with E-state index in [0.29, 0.717) is 30.5 Å². The summed E-state index contributed by atoms with van der Waals surface area (Å²) < 4.78 is 0. The van der Waals surface area contributed by atoms with Crippen LogP contribution in [-0.4, -0.2) is 49.8 Å². The van der Waals surface area contributed by atoms with Crippen LogP contribution in [0.2, 0.25) is 0 Å². The molecule has 0 saturated carbocycles. The number of aromatic nitrogens is 3. The van der Waals surface area contributed by atoms with Crippen LogP contribution in [0.5, 0.6) is 0 Å². The first-order valence-electron chi connectivity index (χ1n) is 11.6. The van der Waals surface area contributed by atoms with E-state index in [0.717, 1.165) is 53.7 Å². The second kappa shape index (κ2) is 7.89. The van der Waals surface area contributed by atoms with E-state index in [1.165, 1.54) is 5.56 Å². The lowest BCUT2D eigenvalue weighted by molar-refractivity contribution is 0.0729. The van der Waals surface area contributed by atoms with Crippen molar-refractivity contribution in [3.8, 4) is 0 Å². The van der Waals surface area contributed by atoms with Gasteiger partial charge in [0.05, 0.1) is 11.7 Å². The number of nitrogens with one attached hydrogen (secondary N) is 2. The van der Waals surface area contributed by atoms with Crippen molar-refractivity contribution in [1.29, 1.82) is 0 Å². The summed E-state index contributed by atoms with van der Waals surface area (Å²) in [5, 5.41) is 1.08. The number of hydrogen-bond donors (Lipinski definition) is 2. The minimum Gasteiger partial charge on any atom is -0.358 e. The highest BCUT2D eigenvalue weighted by Crippen LogP contribution is 2.32. The lowest BCUT2D eigenvalue weighted by atomic mass is 10.0. The summed E-state index contributed by atoms with van der Waals surface area (Å²) in [4.78, 5) is 41.8. The third-order valence-electron chi connectivity index (χ3n) is 7.24. The molecule has 2 aliphatic heterocycles. The zero-order valence-electron chi connectivity index (χ0n) is 19.3. The number of rotatable bonds is 3. The summed E-state index contributed by atoms with van der Waals surface area (Å²) in [5.74, 6) is 0.622. The van der Waals surface area contributed by atoms with Crippen LogP contribution in [0.25, 0.3) is 10.9 Å². The molecule has 4 heterocycles. The molecule has 7 nitrogen and oxygen atoms in total. The molecule has 0 radical (unpaired) electrons. The highest BCUT2D eigenvalue weighted by atomic mass is 16.2. The number of benzene rings is 1. The standard InChI is InChI=1S/C25H31N5O2/c1-14(2)29-11-9-18-21(13-29)27-23(28-24(18)31)22-6-5-10-30(22)25(32)17-7-8-20-19(12-17)15(3)16(4)26-20/h7-8,12,14,22,26H,5-6,9-11,13H2,1-4H3,(H,27,28,31)/t22-/m0/s1. The molecule has 1 atom stereocenters. The maximum absolute atomic E-state index is 13.5. The van der Waals surface area contributed by atoms with Crippen LogP contribution in [-0.2, 0) is 13.0 Å². The molecule has 2 aliphatic rings. The molecule has 0 spiro atoms. The molecule has 5 rings (SSSR count). The van der Waals surface area contributed by atoms with Gasteiger partial charge in [-0.25, -0.2) is 4.98 Å². The average molecular weight is 434 g/mol. The van der Waals surface area contributed by atoms with Gasteiger partial charge in [-0.05, 0) is 70.7 Å². The Labute approximate surface area is 187 Å². The number of carbonyl (C=O) groups is 1. The smallest absolute Gasteiger partial charge is 0.254 e. The molecule has 168 valence electrons. The number of carbonyl (C=O) groups excluding carboxylic acids is 1. The summed E-state index contributed by atoms with van der Waals surface area (Å²) in [7, 11) is 0. The van der Waals surface area contributed by atoms with Crippen LogP contribution in [0.3, 0.4) is 0 Å². The van der Waals surface area contributed by atoms with Gasteiger partial charge in [-0.15, -0.1) is 0 Å². The van der Waals surface area contributed by atoms with Crippen molar-refractivity contribution in [2.24, 2.45) is 0 Å². The van der Waals surface area contributed by atoms with Crippen LogP contribution in [0.4, 0.5) is 0 Å². The molecule has 32 heavy (non-hydrogen) atoms. The highest BCUT2D eigenvalue weighted by molar-refractivity contribution is 5.99. The van der Waals surface area contributed by atoms with Gasteiger partial charge in [0.1, 0.15) is 5.82 Å². The fourth-order valence-corrected chi connectivity index (χ4v) is 5.13. The first-order chi connectivity index (χ1) is 15.3. The molecule has 1 amide bonds. The largest absolute Gasteiger partial charge is 0.358 e. The van der Waals surface area contributed by atoms with Crippen LogP contribution in [0.15, 0.2) is 23.0 Å². The van der Waals surface area contributed by atoms with E-state index < -0.39 is 0 Å². The van der Waals surface area contributed by atoms with Crippen molar-refractivity contribution in [3.63, 3.8) is 0 Å². The Morgan fingerprint density at radius 3 is 2.78 bits per heavy atom. The number of fused-ring (bicyclic) bond motifs is 2. The van der Waals surface area contributed by atoms with Crippen molar-refractivity contribution in [3.05, 3.63) is 62.5 Å². The fraction of sp³-hybridized carbons (Fsp3) is 0.480. The Morgan fingerprint density at radius 2 is 2.00 bits per heavy atom. The van der Waals surface area contributed by atoms with Crippen LogP contribution < -0.4 is 5.56 Å². The molecule has 0 aliphatic carbocycles. The molecule has 2 aromatic heterocycles. The monoisotopic (exact) mass is 433 g/mol. The molecule has 0 bridgehead atoms. The maximum Gasteiger partial charge on any atom is 0.254 e. The molecule has 1 aromatic carbocycles. The third kappa shape index (κ3) is 3.45. The number of likely N-dealkylation sites (tertiary alicyclic amines) is 1. The van der Waals surface area contributed by atoms with Gasteiger partial charge in [0.15, 0.2) is 0 Å². The molecular formula is C25H31N5O2. The summed E-state index contributed by atoms with van der Waals surface area (Å²) in [6.07, 6.45) is 2.44. The zero-order valence-corrected chi connectivity index (χ0v) is 19.3. The number of nitrogens with zero attached hydrogens (tertiary/aromatic N) is 3. The Bertz CT molecular complexity index is 1260. The highest BCUT2D eigenvalue weighted by Gasteiger charge is 2.34. The van der Waals surface area contributed by atoms with Gasteiger partial charge in [0.2, 0.25) is 0 Å². The normalized spacial score (nSPS) is 19.2. The van der Waals surface area contributed by atoms with E-state index in [1.54, 1.807) is 0 Å². The van der Waals surface area contributed by atoms with Gasteiger partial charge in [-0.2, -0.15) is 0 Å². The summed E-state index contributed by atoms with van der Waals surface area (Å²) in [6, 6.07) is 6.06. The second-order valence-corrected chi connectivity index (χ2v) is 9.48. The lowest BCUT2D eigenvalue weighted by Gasteiger charge is -2.31. The van der Waals surface area contributed by atoms with Gasteiger partial charge >= 0.3 is 0 Å². The number of amides is 1. The van der Waals surface area contributed by atoms with Crippen molar-refractivity contribution in [1.82, 2.24) is 24.8 Å². The van der Waals surface area contributed by atoms with Gasteiger partial charge in [-0.1, -0.05) is 0 Å². The van der Waals surface area contributed by atoms with E-state index in [2.05, 4.69) is 35.6 Å². The summed E-state index contributed by atoms with van der Waals surface area (Å²) in [6.45, 7) is 10.7. The number of aromatic amines is 2. The minimum atomic E-state index is -0.195. The molecule has 2 N–H and O–H groups in total. The Balaban J connectivity index is 1.47. The minimum absolute atomic E-state index is 0.00294. The first kappa shape index (κ1) is 20.9. The molecule has 7 heteroatoms. The van der Waals surface area contributed by atoms with Crippen LogP contribution >= 0.6 is 0 Å². The third-order valence-corrected chi connectivity index (χ3v) is 7.24.